The minimum absolute atomic E-state index is 0.0755. The van der Waals surface area contributed by atoms with Gasteiger partial charge in [0.05, 0.1) is 6.04 Å². The van der Waals surface area contributed by atoms with Gasteiger partial charge in [-0.3, -0.25) is 0 Å². The quantitative estimate of drug-likeness (QED) is 0.166. The largest absolute Gasteiger partial charge is 0.435 e. The minimum Gasteiger partial charge on any atom is -0.435 e. The van der Waals surface area contributed by atoms with Crippen LogP contribution in [0, 0.1) is 34.5 Å². The molecule has 0 aliphatic heterocycles. The molecule has 0 saturated heterocycles. The van der Waals surface area contributed by atoms with Crippen LogP contribution < -0.4 is 14.8 Å². The summed E-state index contributed by atoms with van der Waals surface area (Å²) in [7, 11) is 0. The summed E-state index contributed by atoms with van der Waals surface area (Å²) in [4.78, 5) is 0. The molecule has 0 bridgehead atoms. The van der Waals surface area contributed by atoms with Crippen LogP contribution in [-0.4, -0.2) is 13.2 Å². The average molecular weight is 634 g/mol. The summed E-state index contributed by atoms with van der Waals surface area (Å²) < 4.78 is 60.2. The Morgan fingerprint density at radius 1 is 0.889 bits per heavy atom. The smallest absolute Gasteiger partial charge is 0.387 e. The molecule has 2 aromatic carbocycles. The molecule has 252 valence electrons. The molecule has 2 fully saturated rings. The average Bonchev–Trinajstić information content (AvgIpc) is 3.35. The van der Waals surface area contributed by atoms with Gasteiger partial charge in [-0.2, -0.15) is 17.6 Å². The van der Waals surface area contributed by atoms with E-state index in [0.29, 0.717) is 23.2 Å². The molecule has 2 aliphatic carbocycles. The maximum absolute atomic E-state index is 12.8. The van der Waals surface area contributed by atoms with Gasteiger partial charge >= 0.3 is 13.2 Å². The van der Waals surface area contributed by atoms with Crippen LogP contribution in [0.15, 0.2) is 60.8 Å². The summed E-state index contributed by atoms with van der Waals surface area (Å²) in [6.45, 7) is 14.9. The number of rotatable bonds is 14. The van der Waals surface area contributed by atoms with Gasteiger partial charge in [-0.05, 0) is 96.1 Å². The molecular weight excluding hydrogens is 578 g/mol. The molecule has 1 N–H and O–H groups in total. The van der Waals surface area contributed by atoms with Gasteiger partial charge in [-0.15, -0.1) is 0 Å². The highest BCUT2D eigenvalue weighted by Gasteiger charge is 2.55. The third-order valence-corrected chi connectivity index (χ3v) is 10.7. The zero-order chi connectivity index (χ0) is 33.4. The Bertz CT molecular complexity index is 1130. The summed E-state index contributed by atoms with van der Waals surface area (Å²) in [6.07, 6.45) is 9.74. The van der Waals surface area contributed by atoms with Crippen molar-refractivity contribution < 1.29 is 27.0 Å². The van der Waals surface area contributed by atoms with Gasteiger partial charge in [0, 0.05) is 11.6 Å². The molecule has 2 aromatic rings. The van der Waals surface area contributed by atoms with E-state index < -0.39 is 13.2 Å². The normalized spacial score (nSPS) is 24.7. The molecule has 0 aromatic heterocycles. The summed E-state index contributed by atoms with van der Waals surface area (Å²) in [5.74, 6) is 2.40. The number of unbranched alkanes of at least 4 members (excludes halogenated alkanes) is 2. The highest BCUT2D eigenvalue weighted by molar-refractivity contribution is 5.39. The van der Waals surface area contributed by atoms with Crippen LogP contribution in [0.25, 0.3) is 0 Å². The summed E-state index contributed by atoms with van der Waals surface area (Å²) >= 11 is 0. The topological polar surface area (TPSA) is 30.5 Å². The highest BCUT2D eigenvalue weighted by Crippen LogP contribution is 2.63. The second kappa shape index (κ2) is 16.2. The third-order valence-electron chi connectivity index (χ3n) is 10.7. The molecule has 0 radical (unpaired) electrons. The second-order valence-corrected chi connectivity index (χ2v) is 13.7. The maximum Gasteiger partial charge on any atom is 0.387 e. The van der Waals surface area contributed by atoms with E-state index in [-0.39, 0.29) is 28.9 Å². The standard InChI is InChI=1S/C36H49F4NO2.C2H6/c1-7-8-9-21-35(4,5)29-20-22-36(6)30(23(29)2)18-19-31(36)24(3)41-32(25-10-14-27(15-11-25)42-33(37)38)26-12-16-28(17-13-26)43-34(39)40;1-2/h10-17,23,29-34,41H,3,7-9,18-22H2,1-2,4-6H3;1-2H3/t23?,29?,30?,31?,36-;/m0./s1. The number of hydrogen-bond donors (Lipinski definition) is 1. The highest BCUT2D eigenvalue weighted by atomic mass is 19.3. The Labute approximate surface area is 269 Å². The number of ether oxygens (including phenoxy) is 2. The lowest BCUT2D eigenvalue weighted by molar-refractivity contribution is -0.0505. The van der Waals surface area contributed by atoms with E-state index in [9.17, 15) is 17.6 Å². The molecule has 2 saturated carbocycles. The zero-order valence-corrected chi connectivity index (χ0v) is 28.4. The van der Waals surface area contributed by atoms with Crippen LogP contribution in [0.5, 0.6) is 11.5 Å². The first-order valence-electron chi connectivity index (χ1n) is 16.9. The Hall–Kier alpha value is -2.70. The van der Waals surface area contributed by atoms with Crippen molar-refractivity contribution in [2.24, 2.45) is 34.5 Å². The number of fused-ring (bicyclic) bond motifs is 1. The molecule has 0 amide bonds. The number of halogens is 4. The Balaban J connectivity index is 0.00000271. The van der Waals surface area contributed by atoms with E-state index in [1.807, 2.05) is 13.8 Å². The molecule has 5 atom stereocenters. The minimum atomic E-state index is -2.91. The van der Waals surface area contributed by atoms with Crippen molar-refractivity contribution in [1.82, 2.24) is 5.32 Å². The Morgan fingerprint density at radius 2 is 1.40 bits per heavy atom. The summed E-state index contributed by atoms with van der Waals surface area (Å²) in [5, 5.41) is 3.69. The maximum atomic E-state index is 12.8. The zero-order valence-electron chi connectivity index (χ0n) is 28.4. The number of allylic oxidation sites excluding steroid dienone is 1. The molecular formula is C38H55F4NO2. The fourth-order valence-electron chi connectivity index (χ4n) is 8.52. The number of benzene rings is 2. The summed E-state index contributed by atoms with van der Waals surface area (Å²) in [5.41, 5.74) is 3.08. The van der Waals surface area contributed by atoms with Gasteiger partial charge in [-0.1, -0.05) is 98.6 Å². The van der Waals surface area contributed by atoms with Crippen molar-refractivity contribution >= 4 is 0 Å². The van der Waals surface area contributed by atoms with Crippen molar-refractivity contribution in [1.29, 1.82) is 0 Å². The first-order chi connectivity index (χ1) is 21.4. The lowest BCUT2D eigenvalue weighted by atomic mass is 9.53. The van der Waals surface area contributed by atoms with E-state index in [2.05, 4.69) is 56.0 Å². The van der Waals surface area contributed by atoms with Gasteiger partial charge in [-0.25, -0.2) is 0 Å². The first kappa shape index (κ1) is 36.8. The Morgan fingerprint density at radius 3 is 1.87 bits per heavy atom. The number of alkyl halides is 4. The van der Waals surface area contributed by atoms with Crippen LogP contribution in [0.4, 0.5) is 17.6 Å². The van der Waals surface area contributed by atoms with Gasteiger partial charge in [0.25, 0.3) is 0 Å². The van der Waals surface area contributed by atoms with Gasteiger partial charge in [0.2, 0.25) is 0 Å². The molecule has 0 heterocycles. The lowest BCUT2D eigenvalue weighted by Gasteiger charge is -2.52. The molecule has 45 heavy (non-hydrogen) atoms. The van der Waals surface area contributed by atoms with Gasteiger partial charge < -0.3 is 14.8 Å². The molecule has 7 heteroatoms. The molecule has 2 aliphatic rings. The molecule has 3 nitrogen and oxygen atoms in total. The fourth-order valence-corrected chi connectivity index (χ4v) is 8.52. The van der Waals surface area contributed by atoms with Crippen LogP contribution in [-0.2, 0) is 0 Å². The van der Waals surface area contributed by atoms with Gasteiger partial charge in [0.1, 0.15) is 11.5 Å². The third kappa shape index (κ3) is 8.98. The van der Waals surface area contributed by atoms with Crippen LogP contribution in [0.1, 0.15) is 117 Å². The second-order valence-electron chi connectivity index (χ2n) is 13.7. The van der Waals surface area contributed by atoms with Crippen molar-refractivity contribution in [3.63, 3.8) is 0 Å². The van der Waals surface area contributed by atoms with Crippen LogP contribution in [0.3, 0.4) is 0 Å². The van der Waals surface area contributed by atoms with Crippen molar-refractivity contribution in [3.8, 4) is 11.5 Å². The van der Waals surface area contributed by atoms with E-state index >= 15 is 0 Å². The SMILES string of the molecule is C=C(NC(c1ccc(OC(F)F)cc1)c1ccc(OC(F)F)cc1)C1CCC2C(C)C(C(C)(C)CCCCC)CC[C@]12C.CC. The van der Waals surface area contributed by atoms with Gasteiger partial charge in [0.15, 0.2) is 0 Å². The molecule has 0 spiro atoms. The fraction of sp³-hybridized carbons (Fsp3) is 0.632. The van der Waals surface area contributed by atoms with Crippen LogP contribution >= 0.6 is 0 Å². The monoisotopic (exact) mass is 633 g/mol. The number of nitrogens with one attached hydrogen (secondary N) is 1. The van der Waals surface area contributed by atoms with Crippen molar-refractivity contribution in [3.05, 3.63) is 71.9 Å². The number of hydrogen-bond acceptors (Lipinski definition) is 3. The lowest BCUT2D eigenvalue weighted by Crippen LogP contribution is -2.46. The predicted octanol–water partition coefficient (Wildman–Crippen LogP) is 11.8. The van der Waals surface area contributed by atoms with E-state index in [1.165, 1.54) is 69.2 Å². The Kier molecular flexibility index (Phi) is 13.3. The first-order valence-corrected chi connectivity index (χ1v) is 16.9. The van der Waals surface area contributed by atoms with Crippen LogP contribution in [0.2, 0.25) is 0 Å². The van der Waals surface area contributed by atoms with E-state index in [1.54, 1.807) is 24.3 Å². The van der Waals surface area contributed by atoms with Crippen molar-refractivity contribution in [2.45, 2.75) is 119 Å². The van der Waals surface area contributed by atoms with Crippen molar-refractivity contribution in [2.75, 3.05) is 0 Å². The van der Waals surface area contributed by atoms with E-state index in [0.717, 1.165) is 23.2 Å². The van der Waals surface area contributed by atoms with E-state index in [4.69, 9.17) is 0 Å². The predicted molar refractivity (Wildman–Crippen MR) is 176 cm³/mol. The molecule has 4 rings (SSSR count). The summed E-state index contributed by atoms with van der Waals surface area (Å²) in [6, 6.07) is 12.7. The molecule has 4 unspecified atom stereocenters.